The molecule has 130 valence electrons. The van der Waals surface area contributed by atoms with Gasteiger partial charge >= 0.3 is 13.2 Å². The number of ether oxygens (including phenoxy) is 1. The molecule has 3 rings (SSSR count). The summed E-state index contributed by atoms with van der Waals surface area (Å²) in [6, 6.07) is 4.41. The van der Waals surface area contributed by atoms with Crippen LogP contribution in [0.4, 0.5) is 9.18 Å². The second-order valence-electron chi connectivity index (χ2n) is 7.34. The summed E-state index contributed by atoms with van der Waals surface area (Å²) in [5.41, 5.74) is -0.420. The molecular weight excluding hydrogens is 312 g/mol. The second kappa shape index (κ2) is 6.04. The summed E-state index contributed by atoms with van der Waals surface area (Å²) in [6.45, 7) is 9.08. The van der Waals surface area contributed by atoms with Crippen LogP contribution in [0.15, 0.2) is 18.2 Å². The first-order valence-electron chi connectivity index (χ1n) is 8.31. The first-order valence-corrected chi connectivity index (χ1v) is 8.31. The van der Waals surface area contributed by atoms with Crippen LogP contribution in [0, 0.1) is 5.82 Å². The topological polar surface area (TPSA) is 48.0 Å². The molecule has 0 radical (unpaired) electrons. The smallest absolute Gasteiger partial charge is 0.407 e. The van der Waals surface area contributed by atoms with Crippen LogP contribution < -0.4 is 10.2 Å². The molecule has 2 fully saturated rings. The number of nitrogens with zero attached hydrogens (tertiary/aromatic N) is 1. The Hall–Kier alpha value is -1.60. The van der Waals surface area contributed by atoms with Crippen molar-refractivity contribution in [1.82, 2.24) is 4.90 Å². The van der Waals surface area contributed by atoms with E-state index >= 15 is 0 Å². The van der Waals surface area contributed by atoms with E-state index in [0.717, 1.165) is 12.8 Å². The SMILES string of the molecule is CC1(C)OB(c2ccc(OC(=O)N3CCCC3)c(F)c2)OC1(C)C. The average Bonchev–Trinajstić information content (AvgIpc) is 3.08. The van der Waals surface area contributed by atoms with E-state index in [1.54, 1.807) is 11.0 Å². The van der Waals surface area contributed by atoms with Gasteiger partial charge in [-0.3, -0.25) is 0 Å². The zero-order valence-corrected chi connectivity index (χ0v) is 14.6. The lowest BCUT2D eigenvalue weighted by atomic mass is 9.79. The van der Waals surface area contributed by atoms with Crippen molar-refractivity contribution in [2.75, 3.05) is 13.1 Å². The lowest BCUT2D eigenvalue weighted by Gasteiger charge is -2.32. The normalized spacial score (nSPS) is 22.0. The number of carbonyl (C=O) groups is 1. The van der Waals surface area contributed by atoms with Crippen molar-refractivity contribution < 1.29 is 23.2 Å². The predicted molar refractivity (Wildman–Crippen MR) is 88.9 cm³/mol. The van der Waals surface area contributed by atoms with Crippen LogP contribution in [0.1, 0.15) is 40.5 Å². The fourth-order valence-corrected chi connectivity index (χ4v) is 2.78. The van der Waals surface area contributed by atoms with Crippen molar-refractivity contribution in [3.63, 3.8) is 0 Å². The largest absolute Gasteiger partial charge is 0.494 e. The molecule has 2 heterocycles. The standard InChI is InChI=1S/C17H23BFNO4/c1-16(2)17(3,4)24-18(23-16)12-7-8-14(13(19)11-12)22-15(21)20-9-5-6-10-20/h7-8,11H,5-6,9-10H2,1-4H3. The van der Waals surface area contributed by atoms with Crippen molar-refractivity contribution in [3.05, 3.63) is 24.0 Å². The molecule has 0 unspecified atom stereocenters. The van der Waals surface area contributed by atoms with Gasteiger partial charge in [-0.15, -0.1) is 0 Å². The summed E-state index contributed by atoms with van der Waals surface area (Å²) in [5, 5.41) is 0. The third-order valence-corrected chi connectivity index (χ3v) is 5.04. The van der Waals surface area contributed by atoms with Gasteiger partial charge in [0.15, 0.2) is 11.6 Å². The van der Waals surface area contributed by atoms with Crippen LogP contribution in [0.25, 0.3) is 0 Å². The molecule has 0 bridgehead atoms. The van der Waals surface area contributed by atoms with Gasteiger partial charge in [-0.1, -0.05) is 6.07 Å². The number of rotatable bonds is 2. The number of amides is 1. The molecule has 1 aromatic carbocycles. The lowest BCUT2D eigenvalue weighted by Crippen LogP contribution is -2.41. The molecule has 0 saturated carbocycles. The predicted octanol–water partition coefficient (Wildman–Crippen LogP) is 2.72. The minimum Gasteiger partial charge on any atom is -0.407 e. The molecule has 0 atom stereocenters. The molecule has 0 N–H and O–H groups in total. The fourth-order valence-electron chi connectivity index (χ4n) is 2.78. The number of hydrogen-bond acceptors (Lipinski definition) is 4. The third-order valence-electron chi connectivity index (χ3n) is 5.04. The Labute approximate surface area is 142 Å². The van der Waals surface area contributed by atoms with Gasteiger partial charge < -0.3 is 18.9 Å². The molecule has 24 heavy (non-hydrogen) atoms. The van der Waals surface area contributed by atoms with Crippen LogP contribution in [0.3, 0.4) is 0 Å². The zero-order chi connectivity index (χ0) is 17.5. The van der Waals surface area contributed by atoms with E-state index in [2.05, 4.69) is 0 Å². The first kappa shape index (κ1) is 17.2. The van der Waals surface area contributed by atoms with E-state index < -0.39 is 30.2 Å². The van der Waals surface area contributed by atoms with E-state index in [1.165, 1.54) is 12.1 Å². The van der Waals surface area contributed by atoms with Crippen LogP contribution in [-0.2, 0) is 9.31 Å². The Morgan fingerprint density at radius 2 is 1.75 bits per heavy atom. The summed E-state index contributed by atoms with van der Waals surface area (Å²) >= 11 is 0. The van der Waals surface area contributed by atoms with Crippen molar-refractivity contribution in [3.8, 4) is 5.75 Å². The van der Waals surface area contributed by atoms with E-state index in [9.17, 15) is 9.18 Å². The number of carbonyl (C=O) groups excluding carboxylic acids is 1. The van der Waals surface area contributed by atoms with Gasteiger partial charge in [-0.25, -0.2) is 9.18 Å². The van der Waals surface area contributed by atoms with Crippen molar-refractivity contribution in [2.24, 2.45) is 0 Å². The number of benzene rings is 1. The van der Waals surface area contributed by atoms with E-state index in [1.807, 2.05) is 27.7 Å². The maximum Gasteiger partial charge on any atom is 0.494 e. The maximum absolute atomic E-state index is 14.3. The summed E-state index contributed by atoms with van der Waals surface area (Å²) < 4.78 is 31.3. The molecule has 2 saturated heterocycles. The summed E-state index contributed by atoms with van der Waals surface area (Å²) in [4.78, 5) is 13.6. The molecule has 0 aliphatic carbocycles. The van der Waals surface area contributed by atoms with Crippen LogP contribution in [0.5, 0.6) is 5.75 Å². The Morgan fingerprint density at radius 3 is 2.29 bits per heavy atom. The molecule has 5 nitrogen and oxygen atoms in total. The highest BCUT2D eigenvalue weighted by atomic mass is 19.1. The Balaban J connectivity index is 1.72. The Morgan fingerprint density at radius 1 is 1.17 bits per heavy atom. The first-order chi connectivity index (χ1) is 11.2. The van der Waals surface area contributed by atoms with Gasteiger partial charge in [0.2, 0.25) is 0 Å². The highest BCUT2D eigenvalue weighted by molar-refractivity contribution is 6.62. The van der Waals surface area contributed by atoms with E-state index in [-0.39, 0.29) is 5.75 Å². The minimum absolute atomic E-state index is 0.0767. The summed E-state index contributed by atoms with van der Waals surface area (Å²) in [5.74, 6) is -0.679. The average molecular weight is 335 g/mol. The molecule has 2 aliphatic rings. The van der Waals surface area contributed by atoms with E-state index in [0.29, 0.717) is 18.6 Å². The highest BCUT2D eigenvalue weighted by Crippen LogP contribution is 2.36. The lowest BCUT2D eigenvalue weighted by molar-refractivity contribution is 0.00578. The van der Waals surface area contributed by atoms with Crippen LogP contribution in [0.2, 0.25) is 0 Å². The van der Waals surface area contributed by atoms with Crippen molar-refractivity contribution in [2.45, 2.75) is 51.7 Å². The van der Waals surface area contributed by atoms with Crippen molar-refractivity contribution in [1.29, 1.82) is 0 Å². The second-order valence-corrected chi connectivity index (χ2v) is 7.34. The summed E-state index contributed by atoms with van der Waals surface area (Å²) in [7, 11) is -0.646. The minimum atomic E-state index is -0.646. The van der Waals surface area contributed by atoms with Gasteiger partial charge in [0.05, 0.1) is 11.2 Å². The van der Waals surface area contributed by atoms with E-state index in [4.69, 9.17) is 14.0 Å². The Bertz CT molecular complexity index is 627. The summed E-state index contributed by atoms with van der Waals surface area (Å²) in [6.07, 6.45) is 1.41. The molecule has 1 amide bonds. The Kier molecular flexibility index (Phi) is 4.34. The van der Waals surface area contributed by atoms with Crippen LogP contribution >= 0.6 is 0 Å². The van der Waals surface area contributed by atoms with Gasteiger partial charge in [0, 0.05) is 13.1 Å². The highest BCUT2D eigenvalue weighted by Gasteiger charge is 2.51. The zero-order valence-electron chi connectivity index (χ0n) is 14.6. The number of likely N-dealkylation sites (tertiary alicyclic amines) is 1. The molecule has 7 heteroatoms. The van der Waals surface area contributed by atoms with Crippen molar-refractivity contribution >= 4 is 18.7 Å². The fraction of sp³-hybridized carbons (Fsp3) is 0.588. The number of halogens is 1. The van der Waals surface area contributed by atoms with Gasteiger partial charge in [-0.05, 0) is 58.1 Å². The van der Waals surface area contributed by atoms with Gasteiger partial charge in [0.25, 0.3) is 0 Å². The number of hydrogen-bond donors (Lipinski definition) is 0. The molecule has 1 aromatic rings. The van der Waals surface area contributed by atoms with Gasteiger partial charge in [0.1, 0.15) is 0 Å². The monoisotopic (exact) mass is 335 g/mol. The molecular formula is C17H23BFNO4. The molecule has 0 spiro atoms. The van der Waals surface area contributed by atoms with Gasteiger partial charge in [-0.2, -0.15) is 0 Å². The molecule has 2 aliphatic heterocycles. The molecule has 0 aromatic heterocycles. The third kappa shape index (κ3) is 3.15. The van der Waals surface area contributed by atoms with Crippen LogP contribution in [-0.4, -0.2) is 42.4 Å². The maximum atomic E-state index is 14.3. The quantitative estimate of drug-likeness (QED) is 0.780.